The van der Waals surface area contributed by atoms with Crippen LogP contribution in [0.15, 0.2) is 54.7 Å². The molecule has 2 aromatic carbocycles. The maximum Gasteiger partial charge on any atom is 0.573 e. The van der Waals surface area contributed by atoms with Crippen LogP contribution < -0.4 is 4.74 Å². The lowest BCUT2D eigenvalue weighted by Gasteiger charge is -2.21. The minimum atomic E-state index is -4.71. The van der Waals surface area contributed by atoms with E-state index in [1.54, 1.807) is 18.3 Å². The van der Waals surface area contributed by atoms with Gasteiger partial charge in [-0.2, -0.15) is 0 Å². The number of hydrogen-bond donors (Lipinski definition) is 1. The van der Waals surface area contributed by atoms with Crippen molar-refractivity contribution in [2.24, 2.45) is 0 Å². The second-order valence-electron chi connectivity index (χ2n) is 7.63. The van der Waals surface area contributed by atoms with E-state index in [1.807, 2.05) is 45.0 Å². The number of hydrogen-bond acceptors (Lipinski definition) is 4. The summed E-state index contributed by atoms with van der Waals surface area (Å²) in [7, 11) is 0. The average molecular weight is 402 g/mol. The third-order valence-corrected chi connectivity index (χ3v) is 4.31. The number of aliphatic hydroxyl groups is 1. The van der Waals surface area contributed by atoms with Crippen molar-refractivity contribution in [1.29, 1.82) is 0 Å². The Bertz CT molecular complexity index is 977. The van der Waals surface area contributed by atoms with E-state index in [9.17, 15) is 18.3 Å². The SMILES string of the molecule is CC(C)(C)c1nc(-c2ccc(-c3ccc(OC(F)(F)F)cc3)cc2)ncc1CO. The Morgan fingerprint density at radius 3 is 1.86 bits per heavy atom. The molecule has 1 N–H and O–H groups in total. The monoisotopic (exact) mass is 402 g/mol. The molecule has 1 aromatic heterocycles. The van der Waals surface area contributed by atoms with Gasteiger partial charge in [0.05, 0.1) is 12.3 Å². The summed E-state index contributed by atoms with van der Waals surface area (Å²) >= 11 is 0. The van der Waals surface area contributed by atoms with E-state index in [0.29, 0.717) is 11.4 Å². The van der Waals surface area contributed by atoms with Crippen molar-refractivity contribution in [3.05, 3.63) is 66.0 Å². The zero-order valence-corrected chi connectivity index (χ0v) is 16.3. The molecule has 29 heavy (non-hydrogen) atoms. The predicted molar refractivity (Wildman–Crippen MR) is 104 cm³/mol. The second kappa shape index (κ2) is 7.83. The number of aromatic nitrogens is 2. The molecule has 0 saturated carbocycles. The van der Waals surface area contributed by atoms with E-state index in [1.165, 1.54) is 12.1 Å². The van der Waals surface area contributed by atoms with Crippen LogP contribution in [0.4, 0.5) is 13.2 Å². The molecule has 0 aliphatic heterocycles. The summed E-state index contributed by atoms with van der Waals surface area (Å²) in [4.78, 5) is 8.99. The first kappa shape index (κ1) is 20.8. The zero-order chi connectivity index (χ0) is 21.2. The zero-order valence-electron chi connectivity index (χ0n) is 16.3. The molecule has 0 aliphatic rings. The summed E-state index contributed by atoms with van der Waals surface area (Å²) in [6.45, 7) is 5.94. The summed E-state index contributed by atoms with van der Waals surface area (Å²) in [5.74, 6) is 0.289. The van der Waals surface area contributed by atoms with Gasteiger partial charge < -0.3 is 9.84 Å². The first-order valence-electron chi connectivity index (χ1n) is 9.01. The summed E-state index contributed by atoms with van der Waals surface area (Å²) in [5, 5.41) is 9.54. The Kier molecular flexibility index (Phi) is 5.61. The molecule has 0 spiro atoms. The van der Waals surface area contributed by atoms with Crippen molar-refractivity contribution in [2.45, 2.75) is 39.2 Å². The van der Waals surface area contributed by atoms with Gasteiger partial charge in [-0.3, -0.25) is 0 Å². The quantitative estimate of drug-likeness (QED) is 0.626. The number of ether oxygens (including phenoxy) is 1. The number of rotatable bonds is 4. The summed E-state index contributed by atoms with van der Waals surface area (Å²) in [6, 6.07) is 13.1. The molecule has 0 saturated heterocycles. The molecule has 4 nitrogen and oxygen atoms in total. The van der Waals surface area contributed by atoms with Gasteiger partial charge in [-0.25, -0.2) is 9.97 Å². The molecule has 3 rings (SSSR count). The molecule has 0 fully saturated rings. The largest absolute Gasteiger partial charge is 0.573 e. The van der Waals surface area contributed by atoms with Crippen molar-refractivity contribution >= 4 is 0 Å². The van der Waals surface area contributed by atoms with Gasteiger partial charge in [-0.15, -0.1) is 13.2 Å². The van der Waals surface area contributed by atoms with Crippen molar-refractivity contribution in [1.82, 2.24) is 9.97 Å². The van der Waals surface area contributed by atoms with E-state index in [2.05, 4.69) is 14.7 Å². The molecule has 7 heteroatoms. The lowest BCUT2D eigenvalue weighted by Crippen LogP contribution is -2.18. The first-order valence-corrected chi connectivity index (χ1v) is 9.01. The van der Waals surface area contributed by atoms with Crippen LogP contribution in [-0.4, -0.2) is 21.4 Å². The smallest absolute Gasteiger partial charge is 0.406 e. The van der Waals surface area contributed by atoms with Crippen LogP contribution in [0.1, 0.15) is 32.0 Å². The van der Waals surface area contributed by atoms with Gasteiger partial charge in [-0.1, -0.05) is 57.2 Å². The normalized spacial score (nSPS) is 12.1. The van der Waals surface area contributed by atoms with Crippen molar-refractivity contribution < 1.29 is 23.0 Å². The molecular weight excluding hydrogens is 381 g/mol. The molecule has 3 aromatic rings. The third-order valence-electron chi connectivity index (χ3n) is 4.31. The topological polar surface area (TPSA) is 55.2 Å². The van der Waals surface area contributed by atoms with E-state index in [-0.39, 0.29) is 17.8 Å². The van der Waals surface area contributed by atoms with E-state index in [0.717, 1.165) is 22.4 Å². The third kappa shape index (κ3) is 5.12. The minimum Gasteiger partial charge on any atom is -0.406 e. The Hall–Kier alpha value is -2.93. The fourth-order valence-electron chi connectivity index (χ4n) is 2.97. The number of nitrogens with zero attached hydrogens (tertiary/aromatic N) is 2. The number of halogens is 3. The molecule has 0 unspecified atom stereocenters. The fraction of sp³-hybridized carbons (Fsp3) is 0.273. The van der Waals surface area contributed by atoms with Gasteiger partial charge in [-0.05, 0) is 23.3 Å². The molecule has 1 heterocycles. The Balaban J connectivity index is 1.85. The fourth-order valence-corrected chi connectivity index (χ4v) is 2.97. The number of alkyl halides is 3. The van der Waals surface area contributed by atoms with E-state index < -0.39 is 6.36 Å². The Morgan fingerprint density at radius 1 is 0.862 bits per heavy atom. The van der Waals surface area contributed by atoms with Crippen LogP contribution in [0.25, 0.3) is 22.5 Å². The van der Waals surface area contributed by atoms with Crippen LogP contribution >= 0.6 is 0 Å². The maximum absolute atomic E-state index is 12.3. The van der Waals surface area contributed by atoms with Crippen LogP contribution in [0, 0.1) is 0 Å². The molecular formula is C22H21F3N2O2. The van der Waals surface area contributed by atoms with Crippen molar-refractivity contribution in [3.63, 3.8) is 0 Å². The van der Waals surface area contributed by atoms with Gasteiger partial charge in [0, 0.05) is 22.7 Å². The van der Waals surface area contributed by atoms with Crippen molar-refractivity contribution in [3.8, 4) is 28.3 Å². The molecule has 152 valence electrons. The van der Waals surface area contributed by atoms with Gasteiger partial charge in [0.25, 0.3) is 0 Å². The highest BCUT2D eigenvalue weighted by atomic mass is 19.4. The van der Waals surface area contributed by atoms with Crippen LogP contribution in [0.5, 0.6) is 5.75 Å². The highest BCUT2D eigenvalue weighted by molar-refractivity contribution is 5.68. The predicted octanol–water partition coefficient (Wildman–Crippen LogP) is 5.50. The van der Waals surface area contributed by atoms with Crippen LogP contribution in [-0.2, 0) is 12.0 Å². The lowest BCUT2D eigenvalue weighted by atomic mass is 9.89. The van der Waals surface area contributed by atoms with Crippen LogP contribution in [0.2, 0.25) is 0 Å². The maximum atomic E-state index is 12.3. The van der Waals surface area contributed by atoms with Crippen molar-refractivity contribution in [2.75, 3.05) is 0 Å². The molecule has 0 aliphatic carbocycles. The highest BCUT2D eigenvalue weighted by Crippen LogP contribution is 2.29. The standard InChI is InChI=1S/C22H21F3N2O2/c1-21(2,3)19-17(13-28)12-26-20(27-19)16-6-4-14(5-7-16)15-8-10-18(11-9-15)29-22(23,24)25/h4-12,28H,13H2,1-3H3. The van der Waals surface area contributed by atoms with Gasteiger partial charge in [0.1, 0.15) is 5.75 Å². The molecule has 0 radical (unpaired) electrons. The Morgan fingerprint density at radius 2 is 1.38 bits per heavy atom. The molecule has 0 bridgehead atoms. The van der Waals surface area contributed by atoms with Gasteiger partial charge >= 0.3 is 6.36 Å². The summed E-state index contributed by atoms with van der Waals surface area (Å²) < 4.78 is 40.7. The Labute approximate surface area is 167 Å². The van der Waals surface area contributed by atoms with E-state index in [4.69, 9.17) is 0 Å². The summed E-state index contributed by atoms with van der Waals surface area (Å²) in [6.07, 6.45) is -3.07. The molecule has 0 amide bonds. The van der Waals surface area contributed by atoms with E-state index >= 15 is 0 Å². The second-order valence-corrected chi connectivity index (χ2v) is 7.63. The number of benzene rings is 2. The van der Waals surface area contributed by atoms with Gasteiger partial charge in [0.2, 0.25) is 0 Å². The number of aliphatic hydroxyl groups excluding tert-OH is 1. The molecule has 0 atom stereocenters. The highest BCUT2D eigenvalue weighted by Gasteiger charge is 2.31. The average Bonchev–Trinajstić information content (AvgIpc) is 2.66. The first-order chi connectivity index (χ1) is 13.6. The van der Waals surface area contributed by atoms with Gasteiger partial charge in [0.15, 0.2) is 5.82 Å². The summed E-state index contributed by atoms with van der Waals surface area (Å²) in [5.41, 5.74) is 3.65. The van der Waals surface area contributed by atoms with Crippen LogP contribution in [0.3, 0.4) is 0 Å². The lowest BCUT2D eigenvalue weighted by molar-refractivity contribution is -0.274. The minimum absolute atomic E-state index is 0.125.